The molecule has 4 aromatic rings. The van der Waals surface area contributed by atoms with Crippen molar-refractivity contribution < 1.29 is 61.8 Å². The first-order valence-electron chi connectivity index (χ1n) is 17.3. The quantitative estimate of drug-likeness (QED) is 0.160. The van der Waals surface area contributed by atoms with Gasteiger partial charge >= 0.3 is 35.7 Å². The molecule has 3 fully saturated rings. The van der Waals surface area contributed by atoms with Crippen LogP contribution in [0.1, 0.15) is 62.3 Å². The zero-order valence-corrected chi connectivity index (χ0v) is 31.5. The van der Waals surface area contributed by atoms with E-state index in [0.29, 0.717) is 71.6 Å². The van der Waals surface area contributed by atoms with E-state index in [1.807, 2.05) is 7.05 Å². The second kappa shape index (κ2) is 15.5. The SMILES string of the molecule is COCC1(CN(C)c2cc(-c3cc(C4CC4)nc(C(F)(F)F)c3)nc3nc(-c4cnc(N5CC[C@@H](NCC(=O)[O-])[C@@H](F)C5)cn4)[nH]c23)CCCC1.[Na+]. The summed E-state index contributed by atoms with van der Waals surface area (Å²) in [6.07, 6.45) is 3.30. The third-order valence-corrected chi connectivity index (χ3v) is 10.2. The number of aromatic amines is 1. The molecular weight excluding hydrogens is 693 g/mol. The minimum absolute atomic E-state index is 0. The Kier molecular flexibility index (Phi) is 11.4. The van der Waals surface area contributed by atoms with E-state index in [2.05, 4.69) is 30.2 Å². The number of carbonyl (C=O) groups is 1. The predicted octanol–water partition coefficient (Wildman–Crippen LogP) is 1.28. The predicted molar refractivity (Wildman–Crippen MR) is 180 cm³/mol. The smallest absolute Gasteiger partial charge is 0.549 e. The number of nitrogens with zero attached hydrogens (tertiary/aromatic N) is 7. The van der Waals surface area contributed by atoms with Gasteiger partial charge in [0.25, 0.3) is 0 Å². The summed E-state index contributed by atoms with van der Waals surface area (Å²) in [5, 5.41) is 13.5. The number of alkyl halides is 4. The van der Waals surface area contributed by atoms with E-state index in [-0.39, 0.29) is 47.4 Å². The van der Waals surface area contributed by atoms with Crippen LogP contribution in [0.15, 0.2) is 30.6 Å². The van der Waals surface area contributed by atoms with Crippen molar-refractivity contribution in [2.24, 2.45) is 5.41 Å². The molecule has 0 bridgehead atoms. The van der Waals surface area contributed by atoms with Crippen LogP contribution in [0.4, 0.5) is 29.1 Å². The number of aliphatic carboxylic acids is 1. The molecule has 272 valence electrons. The molecular formula is C35H40F4N9NaO3. The molecule has 52 heavy (non-hydrogen) atoms. The molecule has 1 saturated heterocycles. The van der Waals surface area contributed by atoms with Crippen molar-refractivity contribution in [1.82, 2.24) is 35.2 Å². The Morgan fingerprint density at radius 3 is 2.50 bits per heavy atom. The first kappa shape index (κ1) is 38.3. The van der Waals surface area contributed by atoms with Crippen LogP contribution in [0.2, 0.25) is 0 Å². The Hall–Kier alpha value is -3.44. The Morgan fingerprint density at radius 1 is 1.10 bits per heavy atom. The van der Waals surface area contributed by atoms with Gasteiger partial charge in [-0.15, -0.1) is 0 Å². The summed E-state index contributed by atoms with van der Waals surface area (Å²) in [7, 11) is 3.66. The van der Waals surface area contributed by atoms with Crippen LogP contribution in [0, 0.1) is 5.41 Å². The summed E-state index contributed by atoms with van der Waals surface area (Å²) in [5.41, 5.74) is 2.11. The number of imidazole rings is 1. The molecule has 5 heterocycles. The molecule has 0 unspecified atom stereocenters. The molecule has 2 atom stereocenters. The second-order valence-electron chi connectivity index (χ2n) is 14.1. The molecule has 4 aromatic heterocycles. The number of pyridine rings is 2. The zero-order valence-electron chi connectivity index (χ0n) is 29.5. The summed E-state index contributed by atoms with van der Waals surface area (Å²) in [6, 6.07) is 3.96. The van der Waals surface area contributed by atoms with Crippen LogP contribution in [0.5, 0.6) is 0 Å². The van der Waals surface area contributed by atoms with Crippen molar-refractivity contribution in [1.29, 1.82) is 0 Å². The van der Waals surface area contributed by atoms with Crippen LogP contribution in [-0.2, 0) is 15.7 Å². The molecule has 0 radical (unpaired) electrons. The van der Waals surface area contributed by atoms with Crippen LogP contribution in [-0.4, -0.2) is 95.0 Å². The number of anilines is 2. The average molecular weight is 734 g/mol. The maximum absolute atomic E-state index is 14.8. The van der Waals surface area contributed by atoms with Crippen molar-refractivity contribution in [3.05, 3.63) is 42.0 Å². The van der Waals surface area contributed by atoms with Gasteiger partial charge in [-0.05, 0) is 50.3 Å². The van der Waals surface area contributed by atoms with E-state index in [1.54, 1.807) is 24.1 Å². The van der Waals surface area contributed by atoms with Crippen molar-refractivity contribution >= 4 is 28.6 Å². The number of hydrogen-bond acceptors (Lipinski definition) is 11. The number of methoxy groups -OCH3 is 1. The van der Waals surface area contributed by atoms with Crippen LogP contribution < -0.4 is 49.8 Å². The molecule has 2 N–H and O–H groups in total. The Balaban J connectivity index is 0.00000464. The van der Waals surface area contributed by atoms with Gasteiger partial charge in [0.15, 0.2) is 11.5 Å². The zero-order chi connectivity index (χ0) is 35.9. The first-order valence-corrected chi connectivity index (χ1v) is 17.3. The van der Waals surface area contributed by atoms with Crippen molar-refractivity contribution in [3.8, 4) is 22.8 Å². The number of piperidine rings is 1. The van der Waals surface area contributed by atoms with Gasteiger partial charge in [-0.1, -0.05) is 12.8 Å². The second-order valence-corrected chi connectivity index (χ2v) is 14.1. The fourth-order valence-electron chi connectivity index (χ4n) is 7.51. The minimum atomic E-state index is -4.61. The van der Waals surface area contributed by atoms with Gasteiger partial charge in [-0.2, -0.15) is 13.2 Å². The number of nitrogens with one attached hydrogen (secondary N) is 2. The van der Waals surface area contributed by atoms with Gasteiger partial charge in [-0.3, -0.25) is 0 Å². The van der Waals surface area contributed by atoms with Crippen LogP contribution >= 0.6 is 0 Å². The van der Waals surface area contributed by atoms with Gasteiger partial charge in [0.05, 0.1) is 42.9 Å². The van der Waals surface area contributed by atoms with Crippen molar-refractivity contribution in [3.63, 3.8) is 0 Å². The maximum Gasteiger partial charge on any atom is 1.00 e. The standard InChI is InChI=1S/C35H41F4N9O3.Na/c1-47(18-34(19-51-2)8-3-4-9-34)27-13-25(21-11-24(20-5-6-20)43-28(12-21)35(37,38)39)44-33-31(27)45-32(46-33)26-14-42-29(15-40-26)48-10-7-23(22(36)17-48)41-16-30(49)50;/h11-15,20,22-23,41H,3-10,16-19H2,1-2H3,(H,49,50)(H,44,45,46);/q;+1/p-1/t22-,23+;/m0./s1. The topological polar surface area (TPSA) is 148 Å². The summed E-state index contributed by atoms with van der Waals surface area (Å²) >= 11 is 0. The largest absolute Gasteiger partial charge is 1.00 e. The van der Waals surface area contributed by atoms with E-state index in [4.69, 9.17) is 14.7 Å². The van der Waals surface area contributed by atoms with E-state index in [9.17, 15) is 27.5 Å². The summed E-state index contributed by atoms with van der Waals surface area (Å²) in [4.78, 5) is 40.5. The van der Waals surface area contributed by atoms with Gasteiger partial charge in [0, 0.05) is 62.4 Å². The van der Waals surface area contributed by atoms with E-state index in [1.165, 1.54) is 12.4 Å². The summed E-state index contributed by atoms with van der Waals surface area (Å²) in [5.74, 6) is -0.462. The number of H-pyrrole nitrogens is 1. The third-order valence-electron chi connectivity index (χ3n) is 10.2. The molecule has 7 rings (SSSR count). The molecule has 0 aromatic carbocycles. The first-order chi connectivity index (χ1) is 24.4. The van der Waals surface area contributed by atoms with E-state index in [0.717, 1.165) is 50.3 Å². The van der Waals surface area contributed by atoms with Gasteiger partial charge in [-0.25, -0.2) is 29.3 Å². The molecule has 2 saturated carbocycles. The van der Waals surface area contributed by atoms with Crippen molar-refractivity contribution in [2.45, 2.75) is 69.3 Å². The van der Waals surface area contributed by atoms with Crippen LogP contribution in [0.3, 0.4) is 0 Å². The fourth-order valence-corrected chi connectivity index (χ4v) is 7.51. The minimum Gasteiger partial charge on any atom is -0.549 e. The molecule has 3 aliphatic rings. The normalized spacial score (nSPS) is 20.2. The van der Waals surface area contributed by atoms with E-state index >= 15 is 0 Å². The van der Waals surface area contributed by atoms with E-state index < -0.39 is 36.6 Å². The summed E-state index contributed by atoms with van der Waals surface area (Å²) < 4.78 is 62.5. The average Bonchev–Trinajstić information content (AvgIpc) is 3.71. The van der Waals surface area contributed by atoms with Gasteiger partial charge < -0.3 is 34.7 Å². The number of carboxylic acid groups (broad SMARTS) is 1. The number of ether oxygens (including phenoxy) is 1. The summed E-state index contributed by atoms with van der Waals surface area (Å²) in [6.45, 7) is 1.30. The number of fused-ring (bicyclic) bond motifs is 1. The molecule has 2 aliphatic carbocycles. The number of carbonyl (C=O) groups excluding carboxylic acids is 1. The van der Waals surface area contributed by atoms with Crippen molar-refractivity contribution in [2.75, 3.05) is 56.7 Å². The molecule has 1 aliphatic heterocycles. The fraction of sp³-hybridized carbons (Fsp3) is 0.543. The Morgan fingerprint density at radius 2 is 1.87 bits per heavy atom. The molecule has 0 spiro atoms. The van der Waals surface area contributed by atoms with Gasteiger partial charge in [0.2, 0.25) is 0 Å². The number of aromatic nitrogens is 6. The Bertz CT molecular complexity index is 1880. The van der Waals surface area contributed by atoms with Gasteiger partial charge in [0.1, 0.15) is 28.9 Å². The maximum atomic E-state index is 14.8. The molecule has 12 nitrogen and oxygen atoms in total. The Labute approximate surface area is 320 Å². The monoisotopic (exact) mass is 733 g/mol. The number of hydrogen-bond donors (Lipinski definition) is 2. The third kappa shape index (κ3) is 8.35. The van der Waals surface area contributed by atoms with Crippen LogP contribution in [0.25, 0.3) is 33.9 Å². The molecule has 0 amide bonds. The molecule has 17 heteroatoms. The number of halogens is 4. The number of rotatable bonds is 12. The number of carboxylic acids is 1.